The van der Waals surface area contributed by atoms with Crippen LogP contribution in [0.5, 0.6) is 0 Å². The Morgan fingerprint density at radius 1 is 1.11 bits per heavy atom. The summed E-state index contributed by atoms with van der Waals surface area (Å²) in [5.41, 5.74) is 2.74. The number of anilines is 2. The van der Waals surface area contributed by atoms with Gasteiger partial charge in [-0.15, -0.1) is 0 Å². The van der Waals surface area contributed by atoms with Crippen molar-refractivity contribution in [1.82, 2.24) is 0 Å². The molecule has 1 fully saturated rings. The minimum absolute atomic E-state index is 0.0732. The summed E-state index contributed by atoms with van der Waals surface area (Å²) in [4.78, 5) is 22.0. The molecule has 0 atom stereocenters. The van der Waals surface area contributed by atoms with Gasteiger partial charge in [0.2, 0.25) is 0 Å². The largest absolute Gasteiger partial charge is 0.378 e. The molecule has 0 saturated carbocycles. The lowest BCUT2D eigenvalue weighted by Gasteiger charge is -2.17. The summed E-state index contributed by atoms with van der Waals surface area (Å²) in [7, 11) is 4.00. The molecule has 1 aliphatic rings. The van der Waals surface area contributed by atoms with Gasteiger partial charge in [0.15, 0.2) is 5.17 Å². The molecule has 0 spiro atoms. The first-order valence-electron chi connectivity index (χ1n) is 8.70. The van der Waals surface area contributed by atoms with Gasteiger partial charge in [0.25, 0.3) is 5.91 Å². The molecule has 1 aliphatic heterocycles. The molecule has 0 unspecified atom stereocenters. The van der Waals surface area contributed by atoms with Crippen molar-refractivity contribution in [3.05, 3.63) is 64.0 Å². The second-order valence-electron chi connectivity index (χ2n) is 6.69. The molecule has 140 valence electrons. The maximum Gasteiger partial charge on any atom is 0.271 e. The number of halogens is 1. The second-order valence-corrected chi connectivity index (χ2v) is 8.11. The Bertz CT molecular complexity index is 904. The third-order valence-corrected chi connectivity index (χ3v) is 5.28. The van der Waals surface area contributed by atoms with Gasteiger partial charge >= 0.3 is 0 Å². The molecule has 0 N–H and O–H groups in total. The summed E-state index contributed by atoms with van der Waals surface area (Å²) in [5, 5.41) is 1.18. The second kappa shape index (κ2) is 8.19. The summed E-state index contributed by atoms with van der Waals surface area (Å²) < 4.78 is 0. The highest BCUT2D eigenvalue weighted by Gasteiger charge is 2.35. The van der Waals surface area contributed by atoms with Crippen LogP contribution in [0.15, 0.2) is 58.4 Å². The predicted molar refractivity (Wildman–Crippen MR) is 118 cm³/mol. The SMILES string of the molecule is CC(C)N=C1SC(=Cc2ccc(N(C)C)cc2)C(=O)N1c1ccccc1Cl. The molecule has 6 heteroatoms. The van der Waals surface area contributed by atoms with Crippen molar-refractivity contribution in [1.29, 1.82) is 0 Å². The lowest BCUT2D eigenvalue weighted by Crippen LogP contribution is -2.29. The van der Waals surface area contributed by atoms with E-state index in [0.717, 1.165) is 11.3 Å². The van der Waals surface area contributed by atoms with E-state index in [2.05, 4.69) is 4.99 Å². The van der Waals surface area contributed by atoms with Crippen LogP contribution in [0.2, 0.25) is 5.02 Å². The highest BCUT2D eigenvalue weighted by molar-refractivity contribution is 8.19. The Labute approximate surface area is 169 Å². The van der Waals surface area contributed by atoms with Crippen LogP contribution in [0.1, 0.15) is 19.4 Å². The van der Waals surface area contributed by atoms with Gasteiger partial charge in [-0.05, 0) is 61.5 Å². The monoisotopic (exact) mass is 399 g/mol. The summed E-state index contributed by atoms with van der Waals surface area (Å²) in [6.07, 6.45) is 1.90. The highest BCUT2D eigenvalue weighted by Crippen LogP contribution is 2.39. The summed E-state index contributed by atoms with van der Waals surface area (Å²) in [6, 6.07) is 15.5. The summed E-state index contributed by atoms with van der Waals surface area (Å²) in [6.45, 7) is 3.98. The number of thioether (sulfide) groups is 1. The average molecular weight is 400 g/mol. The van der Waals surface area contributed by atoms with Crippen LogP contribution < -0.4 is 9.80 Å². The first-order chi connectivity index (χ1) is 12.9. The smallest absolute Gasteiger partial charge is 0.271 e. The zero-order chi connectivity index (χ0) is 19.6. The van der Waals surface area contributed by atoms with Gasteiger partial charge in [-0.2, -0.15) is 0 Å². The van der Waals surface area contributed by atoms with Gasteiger partial charge in [-0.1, -0.05) is 35.9 Å². The minimum Gasteiger partial charge on any atom is -0.378 e. The van der Waals surface area contributed by atoms with Crippen LogP contribution in [-0.2, 0) is 4.79 Å². The predicted octanol–water partition coefficient (Wildman–Crippen LogP) is 5.29. The number of benzene rings is 2. The van der Waals surface area contributed by atoms with Gasteiger partial charge in [-0.3, -0.25) is 14.7 Å². The van der Waals surface area contributed by atoms with Gasteiger partial charge in [-0.25, -0.2) is 0 Å². The van der Waals surface area contributed by atoms with Gasteiger partial charge < -0.3 is 4.90 Å². The zero-order valence-electron chi connectivity index (χ0n) is 15.8. The van der Waals surface area contributed by atoms with Crippen molar-refractivity contribution >= 4 is 51.9 Å². The summed E-state index contributed by atoms with van der Waals surface area (Å²) in [5.74, 6) is -0.107. The first kappa shape index (κ1) is 19.5. The molecule has 0 aromatic heterocycles. The molecule has 3 rings (SSSR count). The van der Waals surface area contributed by atoms with Crippen molar-refractivity contribution in [3.8, 4) is 0 Å². The van der Waals surface area contributed by atoms with Crippen LogP contribution in [-0.4, -0.2) is 31.2 Å². The molecule has 0 aliphatic carbocycles. The summed E-state index contributed by atoms with van der Waals surface area (Å²) >= 11 is 7.73. The minimum atomic E-state index is -0.107. The molecule has 2 aromatic rings. The molecule has 1 saturated heterocycles. The van der Waals surface area contributed by atoms with Gasteiger partial charge in [0.05, 0.1) is 15.6 Å². The fourth-order valence-electron chi connectivity index (χ4n) is 2.65. The number of amides is 1. The maximum atomic E-state index is 13.1. The van der Waals surface area contributed by atoms with E-state index in [1.807, 2.05) is 81.4 Å². The topological polar surface area (TPSA) is 35.9 Å². The van der Waals surface area contributed by atoms with Crippen LogP contribution >= 0.6 is 23.4 Å². The third-order valence-electron chi connectivity index (χ3n) is 3.98. The van der Waals surface area contributed by atoms with E-state index in [-0.39, 0.29) is 11.9 Å². The number of nitrogens with zero attached hydrogens (tertiary/aromatic N) is 3. The maximum absolute atomic E-state index is 13.1. The molecule has 1 heterocycles. The molecule has 1 amide bonds. The van der Waals surface area contributed by atoms with Crippen molar-refractivity contribution in [2.24, 2.45) is 4.99 Å². The fourth-order valence-corrected chi connectivity index (χ4v) is 3.97. The molecule has 4 nitrogen and oxygen atoms in total. The first-order valence-corrected chi connectivity index (χ1v) is 9.90. The molecule has 0 radical (unpaired) electrons. The number of hydrogen-bond donors (Lipinski definition) is 0. The van der Waals surface area contributed by atoms with E-state index in [1.165, 1.54) is 11.8 Å². The van der Waals surface area contributed by atoms with E-state index < -0.39 is 0 Å². The number of hydrogen-bond acceptors (Lipinski definition) is 4. The van der Waals surface area contributed by atoms with Crippen LogP contribution in [0.3, 0.4) is 0 Å². The Balaban J connectivity index is 1.99. The number of carbonyl (C=O) groups is 1. The van der Waals surface area contributed by atoms with E-state index in [1.54, 1.807) is 11.0 Å². The fraction of sp³-hybridized carbons (Fsp3) is 0.238. The van der Waals surface area contributed by atoms with E-state index >= 15 is 0 Å². The molecule has 2 aromatic carbocycles. The standard InChI is InChI=1S/C21H22ClN3OS/c1-14(2)23-21-25(18-8-6-5-7-17(18)22)20(26)19(27-21)13-15-9-11-16(12-10-15)24(3)4/h5-14H,1-4H3. The van der Waals surface area contributed by atoms with E-state index in [4.69, 9.17) is 11.6 Å². The Kier molecular flexibility index (Phi) is 5.92. The zero-order valence-corrected chi connectivity index (χ0v) is 17.4. The third kappa shape index (κ3) is 4.37. The van der Waals surface area contributed by atoms with E-state index in [0.29, 0.717) is 20.8 Å². The Morgan fingerprint density at radius 3 is 2.37 bits per heavy atom. The molecular formula is C21H22ClN3OS. The van der Waals surface area contributed by atoms with Gasteiger partial charge in [0.1, 0.15) is 0 Å². The Morgan fingerprint density at radius 2 is 1.78 bits per heavy atom. The number of para-hydroxylation sites is 1. The highest BCUT2D eigenvalue weighted by atomic mass is 35.5. The van der Waals surface area contributed by atoms with Crippen LogP contribution in [0.25, 0.3) is 6.08 Å². The molecule has 27 heavy (non-hydrogen) atoms. The average Bonchev–Trinajstić information content (AvgIpc) is 2.90. The number of amidine groups is 1. The molecular weight excluding hydrogens is 378 g/mol. The lowest BCUT2D eigenvalue weighted by molar-refractivity contribution is -0.113. The quantitative estimate of drug-likeness (QED) is 0.655. The van der Waals surface area contributed by atoms with Crippen molar-refractivity contribution < 1.29 is 4.79 Å². The number of aliphatic imine (C=N–C) groups is 1. The molecule has 0 bridgehead atoms. The van der Waals surface area contributed by atoms with Crippen molar-refractivity contribution in [2.75, 3.05) is 23.9 Å². The number of carbonyl (C=O) groups excluding carboxylic acids is 1. The van der Waals surface area contributed by atoms with E-state index in [9.17, 15) is 4.79 Å². The normalized spacial score (nSPS) is 17.4. The van der Waals surface area contributed by atoms with Crippen LogP contribution in [0.4, 0.5) is 11.4 Å². The number of rotatable bonds is 4. The lowest BCUT2D eigenvalue weighted by atomic mass is 10.2. The van der Waals surface area contributed by atoms with Crippen molar-refractivity contribution in [2.45, 2.75) is 19.9 Å². The van der Waals surface area contributed by atoms with Crippen molar-refractivity contribution in [3.63, 3.8) is 0 Å². The van der Waals surface area contributed by atoms with Gasteiger partial charge in [0, 0.05) is 25.8 Å². The Hall–Kier alpha value is -2.24. The van der Waals surface area contributed by atoms with Crippen LogP contribution in [0, 0.1) is 0 Å².